The molecule has 1 aromatic heterocycles. The van der Waals surface area contributed by atoms with Gasteiger partial charge >= 0.3 is 0 Å². The maximum Gasteiger partial charge on any atom is 0.121 e. The number of nitrogens with zero attached hydrogens (tertiary/aromatic N) is 2. The monoisotopic (exact) mass is 272 g/mol. The molecular weight excluding hydrogens is 248 g/mol. The van der Waals surface area contributed by atoms with E-state index in [0.29, 0.717) is 11.8 Å². The fourth-order valence-electron chi connectivity index (χ4n) is 2.46. The van der Waals surface area contributed by atoms with Crippen LogP contribution in [0.5, 0.6) is 0 Å². The third kappa shape index (κ3) is 2.78. The van der Waals surface area contributed by atoms with E-state index in [4.69, 9.17) is 0 Å². The van der Waals surface area contributed by atoms with Crippen LogP contribution in [0.3, 0.4) is 0 Å². The molecule has 0 bridgehead atoms. The van der Waals surface area contributed by atoms with Gasteiger partial charge in [-0.1, -0.05) is 52.0 Å². The summed E-state index contributed by atoms with van der Waals surface area (Å²) in [6, 6.07) is 8.18. The Morgan fingerprint density at radius 3 is 1.95 bits per heavy atom. The predicted octanol–water partition coefficient (Wildman–Crippen LogP) is 3.75. The topological polar surface area (TPSA) is 38.1 Å². The largest absolute Gasteiger partial charge is 0.382 e. The number of hydrogen-bond acceptors (Lipinski definition) is 2. The van der Waals surface area contributed by atoms with Gasteiger partial charge in [-0.25, -0.2) is 4.98 Å². The minimum atomic E-state index is -0.624. The summed E-state index contributed by atoms with van der Waals surface area (Å²) in [6.45, 7) is 8.55. The zero-order valence-corrected chi connectivity index (χ0v) is 13.0. The van der Waals surface area contributed by atoms with Gasteiger partial charge < -0.3 is 9.67 Å². The Morgan fingerprint density at radius 2 is 1.50 bits per heavy atom. The molecule has 0 saturated carbocycles. The Labute approximate surface area is 121 Å². The zero-order chi connectivity index (χ0) is 14.9. The van der Waals surface area contributed by atoms with Crippen molar-refractivity contribution < 1.29 is 5.11 Å². The van der Waals surface area contributed by atoms with E-state index < -0.39 is 6.10 Å². The van der Waals surface area contributed by atoms with Crippen LogP contribution in [0.2, 0.25) is 0 Å². The number of benzene rings is 1. The van der Waals surface area contributed by atoms with E-state index >= 15 is 0 Å². The van der Waals surface area contributed by atoms with Gasteiger partial charge in [-0.15, -0.1) is 0 Å². The minimum absolute atomic E-state index is 0.351. The summed E-state index contributed by atoms with van der Waals surface area (Å²) in [7, 11) is 1.96. The summed E-state index contributed by atoms with van der Waals surface area (Å²) >= 11 is 0. The van der Waals surface area contributed by atoms with E-state index in [0.717, 1.165) is 17.1 Å². The third-order valence-electron chi connectivity index (χ3n) is 3.78. The highest BCUT2D eigenvalue weighted by Crippen LogP contribution is 2.25. The van der Waals surface area contributed by atoms with Gasteiger partial charge in [0.1, 0.15) is 11.9 Å². The molecule has 2 rings (SSSR count). The Balaban J connectivity index is 2.29. The Kier molecular flexibility index (Phi) is 4.29. The van der Waals surface area contributed by atoms with Crippen molar-refractivity contribution in [3.8, 4) is 0 Å². The van der Waals surface area contributed by atoms with E-state index in [1.165, 1.54) is 5.56 Å². The first-order valence-electron chi connectivity index (χ1n) is 7.21. The van der Waals surface area contributed by atoms with Crippen molar-refractivity contribution in [1.29, 1.82) is 0 Å². The number of rotatable bonds is 4. The molecule has 0 fully saturated rings. The van der Waals surface area contributed by atoms with Gasteiger partial charge in [0.2, 0.25) is 0 Å². The molecule has 0 spiro atoms. The summed E-state index contributed by atoms with van der Waals surface area (Å²) in [4.78, 5) is 4.41. The predicted molar refractivity (Wildman–Crippen MR) is 81.9 cm³/mol. The van der Waals surface area contributed by atoms with Crippen molar-refractivity contribution >= 4 is 0 Å². The van der Waals surface area contributed by atoms with Gasteiger partial charge in [-0.3, -0.25) is 0 Å². The van der Waals surface area contributed by atoms with Crippen LogP contribution < -0.4 is 0 Å². The molecule has 0 aliphatic rings. The molecule has 20 heavy (non-hydrogen) atoms. The van der Waals surface area contributed by atoms with Gasteiger partial charge in [0, 0.05) is 13.0 Å². The molecule has 1 N–H and O–H groups in total. The van der Waals surface area contributed by atoms with Crippen molar-refractivity contribution in [2.75, 3.05) is 0 Å². The van der Waals surface area contributed by atoms with Crippen LogP contribution in [-0.4, -0.2) is 14.7 Å². The average Bonchev–Trinajstić information content (AvgIpc) is 2.80. The highest BCUT2D eigenvalue weighted by atomic mass is 16.3. The van der Waals surface area contributed by atoms with E-state index in [1.54, 1.807) is 6.20 Å². The van der Waals surface area contributed by atoms with E-state index in [2.05, 4.69) is 44.8 Å². The number of imidazole rings is 1. The van der Waals surface area contributed by atoms with Crippen molar-refractivity contribution in [1.82, 2.24) is 9.55 Å². The summed E-state index contributed by atoms with van der Waals surface area (Å²) in [5.74, 6) is 1.85. The standard InChI is InChI=1S/C17H24N2O/c1-11(2)13-6-8-14(9-7-13)16(20)15-10-18-17(12(3)4)19(15)5/h6-12,16,20H,1-5H3/t16-/m1/s1. The van der Waals surface area contributed by atoms with Crippen molar-refractivity contribution in [2.45, 2.75) is 45.6 Å². The number of aliphatic hydroxyl groups excluding tert-OH is 1. The van der Waals surface area contributed by atoms with Crippen LogP contribution in [0.4, 0.5) is 0 Å². The van der Waals surface area contributed by atoms with Crippen molar-refractivity contribution in [3.63, 3.8) is 0 Å². The van der Waals surface area contributed by atoms with Crippen LogP contribution >= 0.6 is 0 Å². The SMILES string of the molecule is CC(C)c1ccc([C@@H](O)c2cnc(C(C)C)n2C)cc1. The molecule has 3 heteroatoms. The molecule has 0 saturated heterocycles. The van der Waals surface area contributed by atoms with Gasteiger partial charge in [0.05, 0.1) is 11.9 Å². The number of aliphatic hydroxyl groups is 1. The molecule has 0 amide bonds. The highest BCUT2D eigenvalue weighted by Gasteiger charge is 2.18. The fraction of sp³-hybridized carbons (Fsp3) is 0.471. The Bertz CT molecular complexity index is 567. The first-order valence-corrected chi connectivity index (χ1v) is 7.21. The quantitative estimate of drug-likeness (QED) is 0.920. The number of aromatic nitrogens is 2. The van der Waals surface area contributed by atoms with E-state index in [9.17, 15) is 5.11 Å². The van der Waals surface area contributed by atoms with Crippen LogP contribution in [0.15, 0.2) is 30.5 Å². The summed E-state index contributed by atoms with van der Waals surface area (Å²) in [5.41, 5.74) is 3.03. The molecule has 1 aromatic carbocycles. The lowest BCUT2D eigenvalue weighted by molar-refractivity contribution is 0.211. The molecule has 108 valence electrons. The average molecular weight is 272 g/mol. The zero-order valence-electron chi connectivity index (χ0n) is 13.0. The normalized spacial score (nSPS) is 13.2. The lowest BCUT2D eigenvalue weighted by Crippen LogP contribution is -2.08. The second-order valence-electron chi connectivity index (χ2n) is 5.98. The fourth-order valence-corrected chi connectivity index (χ4v) is 2.46. The summed E-state index contributed by atoms with van der Waals surface area (Å²) in [6.07, 6.45) is 1.15. The second kappa shape index (κ2) is 5.80. The molecule has 1 heterocycles. The molecule has 0 radical (unpaired) electrons. The smallest absolute Gasteiger partial charge is 0.121 e. The van der Waals surface area contributed by atoms with E-state index in [-0.39, 0.29) is 0 Å². The third-order valence-corrected chi connectivity index (χ3v) is 3.78. The number of hydrogen-bond donors (Lipinski definition) is 1. The maximum atomic E-state index is 10.5. The van der Waals surface area contributed by atoms with Gasteiger partial charge in [-0.05, 0) is 17.0 Å². The van der Waals surface area contributed by atoms with Crippen LogP contribution in [0.1, 0.15) is 68.3 Å². The Morgan fingerprint density at radius 1 is 0.950 bits per heavy atom. The molecule has 3 nitrogen and oxygen atoms in total. The molecule has 0 aliphatic carbocycles. The summed E-state index contributed by atoms with van der Waals surface area (Å²) in [5, 5.41) is 10.5. The highest BCUT2D eigenvalue weighted by molar-refractivity contribution is 5.30. The molecular formula is C17H24N2O. The minimum Gasteiger partial charge on any atom is -0.382 e. The maximum absolute atomic E-state index is 10.5. The van der Waals surface area contributed by atoms with Gasteiger partial charge in [0.25, 0.3) is 0 Å². The lowest BCUT2D eigenvalue weighted by atomic mass is 9.99. The van der Waals surface area contributed by atoms with Crippen LogP contribution in [0.25, 0.3) is 0 Å². The van der Waals surface area contributed by atoms with E-state index in [1.807, 2.05) is 23.7 Å². The van der Waals surface area contributed by atoms with Crippen molar-refractivity contribution in [3.05, 3.63) is 53.1 Å². The first-order chi connectivity index (χ1) is 9.41. The first kappa shape index (κ1) is 14.8. The van der Waals surface area contributed by atoms with Crippen molar-refractivity contribution in [2.24, 2.45) is 7.05 Å². The molecule has 2 aromatic rings. The van der Waals surface area contributed by atoms with Crippen LogP contribution in [0, 0.1) is 0 Å². The molecule has 1 atom stereocenters. The van der Waals surface area contributed by atoms with Gasteiger partial charge in [-0.2, -0.15) is 0 Å². The molecule has 0 aliphatic heterocycles. The molecule has 0 unspecified atom stereocenters. The lowest BCUT2D eigenvalue weighted by Gasteiger charge is -2.15. The second-order valence-corrected chi connectivity index (χ2v) is 5.98. The Hall–Kier alpha value is -1.61. The van der Waals surface area contributed by atoms with Gasteiger partial charge in [0.15, 0.2) is 0 Å². The van der Waals surface area contributed by atoms with Crippen LogP contribution in [-0.2, 0) is 7.05 Å². The summed E-state index contributed by atoms with van der Waals surface area (Å²) < 4.78 is 1.99.